The zero-order valence-electron chi connectivity index (χ0n) is 11.3. The van der Waals surface area contributed by atoms with Crippen LogP contribution in [0.2, 0.25) is 0 Å². The van der Waals surface area contributed by atoms with Gasteiger partial charge >= 0.3 is 6.08 Å². The fourth-order valence-electron chi connectivity index (χ4n) is 2.26. The molecule has 2 heterocycles. The van der Waals surface area contributed by atoms with E-state index >= 15 is 0 Å². The molecule has 0 aromatic carbocycles. The molecule has 1 N–H and O–H groups in total. The second kappa shape index (κ2) is 6.20. The molecule has 1 fully saturated rings. The fraction of sp³-hybridized carbons (Fsp3) is 0.769. The van der Waals surface area contributed by atoms with Crippen molar-refractivity contribution < 1.29 is 13.9 Å². The normalized spacial score (nSPS) is 28.3. The summed E-state index contributed by atoms with van der Waals surface area (Å²) >= 11 is 0. The minimum Gasteiger partial charge on any atom is -0.447 e. The van der Waals surface area contributed by atoms with E-state index in [-0.39, 0.29) is 18.3 Å². The molecule has 0 saturated carbocycles. The molecule has 1 aliphatic rings. The first-order valence-electron chi connectivity index (χ1n) is 6.64. The minimum atomic E-state index is 0.134. The topological polar surface area (TPSA) is 56.5 Å². The zero-order valence-corrected chi connectivity index (χ0v) is 11.3. The Bertz CT molecular complexity index is 357. The highest BCUT2D eigenvalue weighted by molar-refractivity contribution is 5.00. The van der Waals surface area contributed by atoms with Crippen LogP contribution in [0, 0.1) is 0 Å². The van der Waals surface area contributed by atoms with Gasteiger partial charge in [0.05, 0.1) is 17.9 Å². The van der Waals surface area contributed by atoms with Gasteiger partial charge in [0.15, 0.2) is 0 Å². The lowest BCUT2D eigenvalue weighted by molar-refractivity contribution is -0.0772. The second-order valence-corrected chi connectivity index (χ2v) is 4.85. The van der Waals surface area contributed by atoms with E-state index in [0.29, 0.717) is 12.6 Å². The Labute approximate surface area is 108 Å². The molecule has 0 aliphatic carbocycles. The highest BCUT2D eigenvalue weighted by Crippen LogP contribution is 2.23. The molecule has 18 heavy (non-hydrogen) atoms. The van der Waals surface area contributed by atoms with E-state index in [1.165, 1.54) is 0 Å². The molecule has 0 amide bonds. The molecule has 1 aromatic rings. The Balaban J connectivity index is 1.86. The molecule has 5 heteroatoms. The van der Waals surface area contributed by atoms with E-state index in [1.54, 1.807) is 6.26 Å². The van der Waals surface area contributed by atoms with Crippen LogP contribution >= 0.6 is 0 Å². The lowest BCUT2D eigenvalue weighted by Crippen LogP contribution is -2.35. The van der Waals surface area contributed by atoms with Gasteiger partial charge in [-0.1, -0.05) is 6.92 Å². The maximum Gasteiger partial charge on any atom is 0.394 e. The van der Waals surface area contributed by atoms with Gasteiger partial charge < -0.3 is 19.2 Å². The Morgan fingerprint density at radius 3 is 2.78 bits per heavy atom. The summed E-state index contributed by atoms with van der Waals surface area (Å²) in [4.78, 5) is 4.30. The Kier molecular flexibility index (Phi) is 4.60. The Morgan fingerprint density at radius 1 is 1.39 bits per heavy atom. The summed E-state index contributed by atoms with van der Waals surface area (Å²) < 4.78 is 16.8. The summed E-state index contributed by atoms with van der Waals surface area (Å²) in [5.74, 6) is 0. The van der Waals surface area contributed by atoms with Crippen molar-refractivity contribution >= 4 is 0 Å². The SMILES string of the molecule is CCNCc1coc(OC2CC(C)OC(C)C2)n1. The standard InChI is InChI=1S/C13H22N2O3/c1-4-14-7-11-8-16-13(15-11)18-12-5-9(2)17-10(3)6-12/h8-10,12,14H,4-7H2,1-3H3. The highest BCUT2D eigenvalue weighted by atomic mass is 16.6. The maximum absolute atomic E-state index is 5.77. The number of rotatable bonds is 5. The van der Waals surface area contributed by atoms with Crippen LogP contribution in [0.15, 0.2) is 10.7 Å². The molecule has 2 atom stereocenters. The summed E-state index contributed by atoms with van der Waals surface area (Å²) in [5.41, 5.74) is 0.875. The van der Waals surface area contributed by atoms with Gasteiger partial charge in [0, 0.05) is 19.4 Å². The molecule has 2 rings (SSSR count). The van der Waals surface area contributed by atoms with E-state index in [1.807, 2.05) is 0 Å². The zero-order chi connectivity index (χ0) is 13.0. The molecule has 102 valence electrons. The minimum absolute atomic E-state index is 0.134. The molecule has 2 unspecified atom stereocenters. The summed E-state index contributed by atoms with van der Waals surface area (Å²) in [5, 5.41) is 3.20. The number of nitrogens with one attached hydrogen (secondary N) is 1. The van der Waals surface area contributed by atoms with Gasteiger partial charge in [0.1, 0.15) is 12.4 Å². The lowest BCUT2D eigenvalue weighted by Gasteiger charge is -2.31. The molecule has 0 bridgehead atoms. The first-order valence-corrected chi connectivity index (χ1v) is 6.64. The van der Waals surface area contributed by atoms with Gasteiger partial charge in [0.25, 0.3) is 0 Å². The van der Waals surface area contributed by atoms with Crippen LogP contribution in [0.5, 0.6) is 6.08 Å². The van der Waals surface area contributed by atoms with E-state index in [2.05, 4.69) is 31.1 Å². The molecule has 1 aromatic heterocycles. The Hall–Kier alpha value is -1.07. The van der Waals surface area contributed by atoms with Crippen LogP contribution in [0.4, 0.5) is 0 Å². The van der Waals surface area contributed by atoms with Gasteiger partial charge in [-0.05, 0) is 20.4 Å². The molecule has 1 aliphatic heterocycles. The largest absolute Gasteiger partial charge is 0.447 e. The van der Waals surface area contributed by atoms with Crippen molar-refractivity contribution in [3.8, 4) is 6.08 Å². The monoisotopic (exact) mass is 254 g/mol. The van der Waals surface area contributed by atoms with Crippen LogP contribution in [0.1, 0.15) is 39.3 Å². The van der Waals surface area contributed by atoms with Crippen molar-refractivity contribution in [1.29, 1.82) is 0 Å². The van der Waals surface area contributed by atoms with Crippen molar-refractivity contribution in [2.45, 2.75) is 58.5 Å². The van der Waals surface area contributed by atoms with Gasteiger partial charge in [-0.3, -0.25) is 0 Å². The van der Waals surface area contributed by atoms with Crippen molar-refractivity contribution in [2.75, 3.05) is 6.54 Å². The smallest absolute Gasteiger partial charge is 0.394 e. The van der Waals surface area contributed by atoms with Crippen LogP contribution < -0.4 is 10.1 Å². The number of ether oxygens (including phenoxy) is 2. The van der Waals surface area contributed by atoms with Crippen molar-refractivity contribution in [3.05, 3.63) is 12.0 Å². The first-order chi connectivity index (χ1) is 8.67. The van der Waals surface area contributed by atoms with E-state index in [4.69, 9.17) is 13.9 Å². The third-order valence-electron chi connectivity index (χ3n) is 3.01. The van der Waals surface area contributed by atoms with Gasteiger partial charge in [-0.25, -0.2) is 0 Å². The fourth-order valence-corrected chi connectivity index (χ4v) is 2.26. The number of oxazole rings is 1. The summed E-state index contributed by atoms with van der Waals surface area (Å²) in [7, 11) is 0. The van der Waals surface area contributed by atoms with E-state index < -0.39 is 0 Å². The summed E-state index contributed by atoms with van der Waals surface area (Å²) in [6, 6.07) is 0. The van der Waals surface area contributed by atoms with Gasteiger partial charge in [-0.15, -0.1) is 0 Å². The molecule has 0 spiro atoms. The molecular formula is C13H22N2O3. The number of nitrogens with zero attached hydrogens (tertiary/aromatic N) is 1. The molecule has 5 nitrogen and oxygen atoms in total. The van der Waals surface area contributed by atoms with Gasteiger partial charge in [0.2, 0.25) is 0 Å². The predicted octanol–water partition coefficient (Wildman–Crippen LogP) is 2.12. The van der Waals surface area contributed by atoms with Gasteiger partial charge in [-0.2, -0.15) is 4.98 Å². The maximum atomic E-state index is 5.77. The molecular weight excluding hydrogens is 232 g/mol. The predicted molar refractivity (Wildman–Crippen MR) is 67.5 cm³/mol. The molecule has 1 saturated heterocycles. The summed E-state index contributed by atoms with van der Waals surface area (Å²) in [6.45, 7) is 7.82. The quantitative estimate of drug-likeness (QED) is 0.872. The average molecular weight is 254 g/mol. The third-order valence-corrected chi connectivity index (χ3v) is 3.01. The van der Waals surface area contributed by atoms with Crippen LogP contribution in [-0.2, 0) is 11.3 Å². The highest BCUT2D eigenvalue weighted by Gasteiger charge is 2.26. The molecule has 0 radical (unpaired) electrons. The van der Waals surface area contributed by atoms with Crippen molar-refractivity contribution in [1.82, 2.24) is 10.3 Å². The second-order valence-electron chi connectivity index (χ2n) is 4.85. The van der Waals surface area contributed by atoms with E-state index in [9.17, 15) is 0 Å². The first kappa shape index (κ1) is 13.4. The summed E-state index contributed by atoms with van der Waals surface area (Å²) in [6.07, 6.45) is 4.38. The number of aromatic nitrogens is 1. The Morgan fingerprint density at radius 2 is 2.11 bits per heavy atom. The lowest BCUT2D eigenvalue weighted by atomic mass is 10.0. The number of hydrogen-bond donors (Lipinski definition) is 1. The third kappa shape index (κ3) is 3.71. The number of hydrogen-bond acceptors (Lipinski definition) is 5. The average Bonchev–Trinajstić information content (AvgIpc) is 2.72. The van der Waals surface area contributed by atoms with Crippen molar-refractivity contribution in [2.24, 2.45) is 0 Å². The van der Waals surface area contributed by atoms with E-state index in [0.717, 1.165) is 25.1 Å². The van der Waals surface area contributed by atoms with Crippen LogP contribution in [0.25, 0.3) is 0 Å². The van der Waals surface area contributed by atoms with Crippen molar-refractivity contribution in [3.63, 3.8) is 0 Å². The van der Waals surface area contributed by atoms with Crippen LogP contribution in [-0.4, -0.2) is 29.8 Å². The van der Waals surface area contributed by atoms with Crippen LogP contribution in [0.3, 0.4) is 0 Å².